The predicted molar refractivity (Wildman–Crippen MR) is 83.6 cm³/mol. The molecule has 2 N–H and O–H groups in total. The molecule has 0 aromatic rings. The van der Waals surface area contributed by atoms with Gasteiger partial charge >= 0.3 is 0 Å². The van der Waals surface area contributed by atoms with Crippen molar-refractivity contribution in [2.24, 2.45) is 11.8 Å². The van der Waals surface area contributed by atoms with E-state index in [1.165, 1.54) is 64.2 Å². The number of allylic oxidation sites excluding steroid dienone is 2. The standard InChI is InChI=1S/C18H32O2/c19-13-17-11-15-9-7-5-3-1-2-4-6-8-10-16(15)12-18(17)14-20/h17-20H,1-14H2. The zero-order valence-electron chi connectivity index (χ0n) is 12.9. The van der Waals surface area contributed by atoms with Crippen molar-refractivity contribution in [3.63, 3.8) is 0 Å². The molecule has 2 aliphatic carbocycles. The molecule has 0 aromatic carbocycles. The average molecular weight is 280 g/mol. The smallest absolute Gasteiger partial charge is 0.0465 e. The van der Waals surface area contributed by atoms with Crippen molar-refractivity contribution in [2.75, 3.05) is 13.2 Å². The molecule has 2 rings (SSSR count). The van der Waals surface area contributed by atoms with Gasteiger partial charge in [-0.2, -0.15) is 0 Å². The highest BCUT2D eigenvalue weighted by Gasteiger charge is 2.28. The van der Waals surface area contributed by atoms with Crippen molar-refractivity contribution in [3.05, 3.63) is 11.1 Å². The Balaban J connectivity index is 2.03. The molecule has 0 bridgehead atoms. The minimum atomic E-state index is 0.238. The van der Waals surface area contributed by atoms with Gasteiger partial charge in [0, 0.05) is 13.2 Å². The monoisotopic (exact) mass is 280 g/mol. The van der Waals surface area contributed by atoms with Crippen molar-refractivity contribution in [3.8, 4) is 0 Å². The maximum Gasteiger partial charge on any atom is 0.0465 e. The zero-order valence-corrected chi connectivity index (χ0v) is 12.9. The Labute approximate surface area is 124 Å². The van der Waals surface area contributed by atoms with E-state index in [9.17, 15) is 10.2 Å². The summed E-state index contributed by atoms with van der Waals surface area (Å²) in [5.74, 6) is 0.596. The van der Waals surface area contributed by atoms with Crippen LogP contribution in [-0.4, -0.2) is 23.4 Å². The van der Waals surface area contributed by atoms with E-state index < -0.39 is 0 Å². The summed E-state index contributed by atoms with van der Waals surface area (Å²) in [6.07, 6.45) is 15.5. The number of hydrogen-bond donors (Lipinski definition) is 2. The maximum atomic E-state index is 9.56. The van der Waals surface area contributed by atoms with Crippen molar-refractivity contribution in [1.82, 2.24) is 0 Å². The molecule has 0 amide bonds. The van der Waals surface area contributed by atoms with E-state index in [2.05, 4.69) is 0 Å². The molecule has 0 fully saturated rings. The van der Waals surface area contributed by atoms with Gasteiger partial charge in [-0.15, -0.1) is 0 Å². The Kier molecular flexibility index (Phi) is 7.09. The number of rotatable bonds is 2. The van der Waals surface area contributed by atoms with E-state index in [1.54, 1.807) is 11.1 Å². The minimum absolute atomic E-state index is 0.238. The summed E-state index contributed by atoms with van der Waals surface area (Å²) in [4.78, 5) is 0. The molecular weight excluding hydrogens is 248 g/mol. The van der Waals surface area contributed by atoms with Crippen LogP contribution in [0, 0.1) is 11.8 Å². The van der Waals surface area contributed by atoms with E-state index in [0.717, 1.165) is 12.8 Å². The second-order valence-corrected chi connectivity index (χ2v) is 6.83. The largest absolute Gasteiger partial charge is 0.396 e. The van der Waals surface area contributed by atoms with Crippen LogP contribution in [0.5, 0.6) is 0 Å². The minimum Gasteiger partial charge on any atom is -0.396 e. The van der Waals surface area contributed by atoms with Gasteiger partial charge in [-0.05, 0) is 50.4 Å². The van der Waals surface area contributed by atoms with Gasteiger partial charge in [0.25, 0.3) is 0 Å². The van der Waals surface area contributed by atoms with Crippen LogP contribution in [0.3, 0.4) is 0 Å². The average Bonchev–Trinajstić information content (AvgIpc) is 2.47. The molecule has 116 valence electrons. The predicted octanol–water partition coefficient (Wildman–Crippen LogP) is 4.21. The van der Waals surface area contributed by atoms with Crippen LogP contribution in [0.15, 0.2) is 11.1 Å². The molecule has 0 radical (unpaired) electrons. The topological polar surface area (TPSA) is 40.5 Å². The molecule has 2 unspecified atom stereocenters. The molecule has 2 aliphatic rings. The summed E-state index contributed by atoms with van der Waals surface area (Å²) >= 11 is 0. The van der Waals surface area contributed by atoms with Gasteiger partial charge in [0.05, 0.1) is 0 Å². The normalized spacial score (nSPS) is 30.3. The summed E-state index contributed by atoms with van der Waals surface area (Å²) in [7, 11) is 0. The van der Waals surface area contributed by atoms with Gasteiger partial charge in [0.15, 0.2) is 0 Å². The van der Waals surface area contributed by atoms with Crippen molar-refractivity contribution < 1.29 is 10.2 Å². The van der Waals surface area contributed by atoms with Gasteiger partial charge in [-0.3, -0.25) is 0 Å². The first kappa shape index (κ1) is 16.0. The molecule has 0 spiro atoms. The van der Waals surface area contributed by atoms with Crippen LogP contribution in [0.25, 0.3) is 0 Å². The lowest BCUT2D eigenvalue weighted by atomic mass is 9.74. The number of aliphatic hydroxyl groups is 2. The molecule has 2 atom stereocenters. The molecule has 2 nitrogen and oxygen atoms in total. The molecule has 0 heterocycles. The highest BCUT2D eigenvalue weighted by molar-refractivity contribution is 5.20. The Morgan fingerprint density at radius 1 is 0.600 bits per heavy atom. The lowest BCUT2D eigenvalue weighted by Crippen LogP contribution is -2.27. The Morgan fingerprint density at radius 3 is 1.30 bits per heavy atom. The Bertz CT molecular complexity index is 279. The highest BCUT2D eigenvalue weighted by atomic mass is 16.3. The summed E-state index contributed by atoms with van der Waals surface area (Å²) in [5, 5.41) is 19.1. The molecule has 0 aliphatic heterocycles. The third kappa shape index (κ3) is 4.60. The Morgan fingerprint density at radius 2 is 0.950 bits per heavy atom. The number of hydrogen-bond acceptors (Lipinski definition) is 2. The van der Waals surface area contributed by atoms with Crippen LogP contribution in [0.2, 0.25) is 0 Å². The summed E-state index contributed by atoms with van der Waals surface area (Å²) < 4.78 is 0. The van der Waals surface area contributed by atoms with Gasteiger partial charge in [-0.25, -0.2) is 0 Å². The van der Waals surface area contributed by atoms with Crippen molar-refractivity contribution in [1.29, 1.82) is 0 Å². The van der Waals surface area contributed by atoms with Crippen LogP contribution in [0.4, 0.5) is 0 Å². The Hall–Kier alpha value is -0.340. The van der Waals surface area contributed by atoms with E-state index in [-0.39, 0.29) is 13.2 Å². The van der Waals surface area contributed by atoms with Crippen LogP contribution in [-0.2, 0) is 0 Å². The van der Waals surface area contributed by atoms with Gasteiger partial charge < -0.3 is 10.2 Å². The van der Waals surface area contributed by atoms with Crippen molar-refractivity contribution in [2.45, 2.75) is 77.0 Å². The first-order valence-electron chi connectivity index (χ1n) is 8.76. The maximum absolute atomic E-state index is 9.56. The highest BCUT2D eigenvalue weighted by Crippen LogP contribution is 2.38. The van der Waals surface area contributed by atoms with Gasteiger partial charge in [-0.1, -0.05) is 49.7 Å². The lowest BCUT2D eigenvalue weighted by molar-refractivity contribution is 0.111. The molecule has 0 aromatic heterocycles. The second-order valence-electron chi connectivity index (χ2n) is 6.83. The van der Waals surface area contributed by atoms with Crippen LogP contribution < -0.4 is 0 Å². The first-order valence-corrected chi connectivity index (χ1v) is 8.76. The first-order chi connectivity index (χ1) is 9.85. The van der Waals surface area contributed by atoms with Crippen molar-refractivity contribution >= 4 is 0 Å². The number of aliphatic hydroxyl groups excluding tert-OH is 2. The molecule has 0 saturated carbocycles. The third-order valence-corrected chi connectivity index (χ3v) is 5.36. The SMILES string of the molecule is OCC1CC2=C(CCCCCCCCCC2)CC1CO. The molecule has 20 heavy (non-hydrogen) atoms. The van der Waals surface area contributed by atoms with E-state index in [4.69, 9.17) is 0 Å². The van der Waals surface area contributed by atoms with E-state index in [0.29, 0.717) is 11.8 Å². The quantitative estimate of drug-likeness (QED) is 0.744. The van der Waals surface area contributed by atoms with E-state index >= 15 is 0 Å². The summed E-state index contributed by atoms with van der Waals surface area (Å²) in [6, 6.07) is 0. The fourth-order valence-corrected chi connectivity index (χ4v) is 3.98. The molecule has 0 saturated heterocycles. The van der Waals surface area contributed by atoms with Crippen LogP contribution >= 0.6 is 0 Å². The fraction of sp³-hybridized carbons (Fsp3) is 0.889. The summed E-state index contributed by atoms with van der Waals surface area (Å²) in [5.41, 5.74) is 3.27. The zero-order chi connectivity index (χ0) is 14.2. The van der Waals surface area contributed by atoms with Crippen LogP contribution in [0.1, 0.15) is 77.0 Å². The third-order valence-electron chi connectivity index (χ3n) is 5.36. The fourth-order valence-electron chi connectivity index (χ4n) is 3.98. The molecular formula is C18H32O2. The van der Waals surface area contributed by atoms with E-state index in [1.807, 2.05) is 0 Å². The van der Waals surface area contributed by atoms with Gasteiger partial charge in [0.1, 0.15) is 0 Å². The van der Waals surface area contributed by atoms with Gasteiger partial charge in [0.2, 0.25) is 0 Å². The lowest BCUT2D eigenvalue weighted by Gasteiger charge is -2.33. The summed E-state index contributed by atoms with van der Waals surface area (Å²) in [6.45, 7) is 0.476. The second kappa shape index (κ2) is 8.84. The molecule has 2 heteroatoms.